The fourth-order valence-electron chi connectivity index (χ4n) is 2.45. The van der Waals surface area contributed by atoms with Crippen molar-refractivity contribution in [1.82, 2.24) is 5.32 Å². The highest BCUT2D eigenvalue weighted by atomic mass is 16.5. The van der Waals surface area contributed by atoms with Gasteiger partial charge in [0.15, 0.2) is 0 Å². The van der Waals surface area contributed by atoms with Gasteiger partial charge < -0.3 is 19.5 Å². The molecule has 0 unspecified atom stereocenters. The Morgan fingerprint density at radius 3 is 1.83 bits per heavy atom. The lowest BCUT2D eigenvalue weighted by Gasteiger charge is -2.08. The average Bonchev–Trinajstić information content (AvgIpc) is 2.68. The molecule has 1 saturated carbocycles. The Morgan fingerprint density at radius 1 is 0.833 bits per heavy atom. The molecule has 1 aliphatic carbocycles. The fraction of sp³-hybridized carbons (Fsp3) is 1.00. The van der Waals surface area contributed by atoms with E-state index in [1.54, 1.807) is 7.11 Å². The van der Waals surface area contributed by atoms with Gasteiger partial charge in [-0.05, 0) is 10.8 Å². The number of nitrogens with one attached hydrogen (secondary N) is 1. The smallest absolute Gasteiger partial charge is 0.0701 e. The molecule has 0 heterocycles. The Labute approximate surface area is 111 Å². The molecule has 4 heteroatoms. The van der Waals surface area contributed by atoms with E-state index in [0.29, 0.717) is 43.3 Å². The van der Waals surface area contributed by atoms with Crippen LogP contribution in [0.5, 0.6) is 0 Å². The van der Waals surface area contributed by atoms with Crippen LogP contribution in [0.3, 0.4) is 0 Å². The first-order chi connectivity index (χ1) is 8.44. The summed E-state index contributed by atoms with van der Waals surface area (Å²) in [6, 6.07) is 0.603. The minimum absolute atomic E-state index is 0.399. The Balaban J connectivity index is 1.89. The summed E-state index contributed by atoms with van der Waals surface area (Å²) in [6.45, 7) is 13.5. The van der Waals surface area contributed by atoms with Crippen molar-refractivity contribution in [2.24, 2.45) is 10.8 Å². The van der Waals surface area contributed by atoms with Gasteiger partial charge >= 0.3 is 0 Å². The highest BCUT2D eigenvalue weighted by molar-refractivity contribution is 5.17. The molecule has 0 spiro atoms. The predicted molar refractivity (Wildman–Crippen MR) is 72.9 cm³/mol. The number of ether oxygens (including phenoxy) is 3. The third-order valence-electron chi connectivity index (χ3n) is 4.42. The van der Waals surface area contributed by atoms with Crippen LogP contribution >= 0.6 is 0 Å². The summed E-state index contributed by atoms with van der Waals surface area (Å²) in [5.41, 5.74) is 0.798. The van der Waals surface area contributed by atoms with Crippen molar-refractivity contribution < 1.29 is 14.2 Å². The highest BCUT2D eigenvalue weighted by Crippen LogP contribution is 2.62. The van der Waals surface area contributed by atoms with E-state index >= 15 is 0 Å². The second-order valence-corrected chi connectivity index (χ2v) is 6.05. The van der Waals surface area contributed by atoms with Crippen molar-refractivity contribution in [3.8, 4) is 0 Å². The van der Waals surface area contributed by atoms with Crippen LogP contribution in [0, 0.1) is 10.8 Å². The Kier molecular flexibility index (Phi) is 6.05. The lowest BCUT2D eigenvalue weighted by Crippen LogP contribution is -2.26. The summed E-state index contributed by atoms with van der Waals surface area (Å²) >= 11 is 0. The van der Waals surface area contributed by atoms with Gasteiger partial charge in [0.05, 0.1) is 33.0 Å². The minimum atomic E-state index is 0.399. The molecule has 108 valence electrons. The van der Waals surface area contributed by atoms with Crippen molar-refractivity contribution in [3.63, 3.8) is 0 Å². The summed E-state index contributed by atoms with van der Waals surface area (Å²) in [7, 11) is 1.67. The fourth-order valence-corrected chi connectivity index (χ4v) is 2.45. The molecule has 0 aromatic heterocycles. The predicted octanol–water partition coefficient (Wildman–Crippen LogP) is 1.69. The molecule has 0 bridgehead atoms. The van der Waals surface area contributed by atoms with Gasteiger partial charge in [-0.2, -0.15) is 0 Å². The monoisotopic (exact) mass is 259 g/mol. The standard InChI is InChI=1S/C14H29NO3/c1-13(2)12(14(13,3)4)15-6-7-17-10-11-18-9-8-16-5/h12,15H,6-11H2,1-5H3. The number of hydrogen-bond donors (Lipinski definition) is 1. The second-order valence-electron chi connectivity index (χ2n) is 6.05. The zero-order valence-electron chi connectivity index (χ0n) is 12.5. The van der Waals surface area contributed by atoms with Crippen LogP contribution in [0.15, 0.2) is 0 Å². The van der Waals surface area contributed by atoms with Crippen molar-refractivity contribution in [1.29, 1.82) is 0 Å². The molecule has 1 fully saturated rings. The van der Waals surface area contributed by atoms with Gasteiger partial charge in [0.1, 0.15) is 0 Å². The Hall–Kier alpha value is -0.160. The summed E-state index contributed by atoms with van der Waals surface area (Å²) in [4.78, 5) is 0. The van der Waals surface area contributed by atoms with Gasteiger partial charge in [-0.1, -0.05) is 27.7 Å². The maximum absolute atomic E-state index is 5.50. The first-order valence-corrected chi connectivity index (χ1v) is 6.82. The average molecular weight is 259 g/mol. The van der Waals surface area contributed by atoms with Crippen LogP contribution < -0.4 is 5.32 Å². The zero-order chi connectivity index (χ0) is 13.6. The highest BCUT2D eigenvalue weighted by Gasteiger charge is 2.64. The number of methoxy groups -OCH3 is 1. The SMILES string of the molecule is COCCOCCOCCNC1C(C)(C)C1(C)C. The van der Waals surface area contributed by atoms with E-state index in [1.165, 1.54) is 0 Å². The quantitative estimate of drug-likeness (QED) is 0.606. The molecule has 1 aliphatic rings. The summed E-state index contributed by atoms with van der Waals surface area (Å²) in [6.07, 6.45) is 0. The van der Waals surface area contributed by atoms with Crippen molar-refractivity contribution >= 4 is 0 Å². The van der Waals surface area contributed by atoms with Crippen LogP contribution in [0.25, 0.3) is 0 Å². The minimum Gasteiger partial charge on any atom is -0.382 e. The molecular formula is C14H29NO3. The third-order valence-corrected chi connectivity index (χ3v) is 4.42. The van der Waals surface area contributed by atoms with Gasteiger partial charge in [-0.25, -0.2) is 0 Å². The molecule has 18 heavy (non-hydrogen) atoms. The second kappa shape index (κ2) is 6.85. The van der Waals surface area contributed by atoms with Gasteiger partial charge in [-0.3, -0.25) is 0 Å². The molecule has 0 amide bonds. The van der Waals surface area contributed by atoms with Gasteiger partial charge in [0.25, 0.3) is 0 Å². The maximum atomic E-state index is 5.50. The van der Waals surface area contributed by atoms with E-state index < -0.39 is 0 Å². The zero-order valence-corrected chi connectivity index (χ0v) is 12.5. The van der Waals surface area contributed by atoms with E-state index in [2.05, 4.69) is 33.0 Å². The van der Waals surface area contributed by atoms with Crippen molar-refractivity contribution in [3.05, 3.63) is 0 Å². The lowest BCUT2D eigenvalue weighted by molar-refractivity contribution is 0.0254. The van der Waals surface area contributed by atoms with Gasteiger partial charge in [0, 0.05) is 19.7 Å². The Morgan fingerprint density at radius 2 is 1.33 bits per heavy atom. The van der Waals surface area contributed by atoms with Crippen LogP contribution in [-0.4, -0.2) is 52.7 Å². The molecule has 0 aromatic carbocycles. The van der Waals surface area contributed by atoms with Crippen LogP contribution in [0.2, 0.25) is 0 Å². The van der Waals surface area contributed by atoms with Crippen LogP contribution in [-0.2, 0) is 14.2 Å². The molecule has 4 nitrogen and oxygen atoms in total. The summed E-state index contributed by atoms with van der Waals surface area (Å²) < 4.78 is 15.7. The number of hydrogen-bond acceptors (Lipinski definition) is 4. The molecule has 0 saturated heterocycles. The molecule has 0 aromatic rings. The topological polar surface area (TPSA) is 39.7 Å². The summed E-state index contributed by atoms with van der Waals surface area (Å²) in [5, 5.41) is 3.56. The van der Waals surface area contributed by atoms with Crippen molar-refractivity contribution in [2.75, 3.05) is 46.7 Å². The largest absolute Gasteiger partial charge is 0.382 e. The van der Waals surface area contributed by atoms with Gasteiger partial charge in [0.2, 0.25) is 0 Å². The van der Waals surface area contributed by atoms with E-state index in [-0.39, 0.29) is 0 Å². The van der Waals surface area contributed by atoms with Crippen LogP contribution in [0.1, 0.15) is 27.7 Å². The third kappa shape index (κ3) is 3.92. The first-order valence-electron chi connectivity index (χ1n) is 6.82. The first kappa shape index (κ1) is 15.9. The maximum Gasteiger partial charge on any atom is 0.0701 e. The molecule has 1 N–H and O–H groups in total. The molecule has 1 rings (SSSR count). The van der Waals surface area contributed by atoms with E-state index in [1.807, 2.05) is 0 Å². The van der Waals surface area contributed by atoms with E-state index in [9.17, 15) is 0 Å². The lowest BCUT2D eigenvalue weighted by atomic mass is 10.0. The Bertz CT molecular complexity index is 227. The summed E-state index contributed by atoms with van der Waals surface area (Å²) in [5.74, 6) is 0. The molecule has 0 radical (unpaired) electrons. The van der Waals surface area contributed by atoms with Crippen LogP contribution in [0.4, 0.5) is 0 Å². The normalized spacial score (nSPS) is 21.2. The molecule has 0 atom stereocenters. The molecular weight excluding hydrogens is 230 g/mol. The van der Waals surface area contributed by atoms with Gasteiger partial charge in [-0.15, -0.1) is 0 Å². The van der Waals surface area contributed by atoms with Crippen molar-refractivity contribution in [2.45, 2.75) is 33.7 Å². The van der Waals surface area contributed by atoms with E-state index in [0.717, 1.165) is 13.2 Å². The molecule has 0 aliphatic heterocycles. The number of rotatable bonds is 10. The van der Waals surface area contributed by atoms with E-state index in [4.69, 9.17) is 14.2 Å².